The first-order valence-electron chi connectivity index (χ1n) is 7.32. The van der Waals surface area contributed by atoms with Gasteiger partial charge in [-0.2, -0.15) is 0 Å². The minimum Gasteiger partial charge on any atom is -0.338 e. The van der Waals surface area contributed by atoms with Crippen LogP contribution in [-0.4, -0.2) is 48.1 Å². The van der Waals surface area contributed by atoms with E-state index in [0.29, 0.717) is 6.54 Å². The van der Waals surface area contributed by atoms with Gasteiger partial charge in [0.2, 0.25) is 5.95 Å². The lowest BCUT2D eigenvalue weighted by Gasteiger charge is -2.32. The number of likely N-dealkylation sites (N-methyl/N-ethyl adjacent to an activating group) is 1. The van der Waals surface area contributed by atoms with Crippen LogP contribution in [0.1, 0.15) is 5.56 Å². The molecule has 0 saturated carbocycles. The summed E-state index contributed by atoms with van der Waals surface area (Å²) >= 11 is 0. The van der Waals surface area contributed by atoms with Crippen molar-refractivity contribution in [1.82, 2.24) is 14.9 Å². The number of halogens is 1. The van der Waals surface area contributed by atoms with Gasteiger partial charge in [-0.05, 0) is 18.7 Å². The first-order chi connectivity index (χ1) is 10.3. The van der Waals surface area contributed by atoms with Gasteiger partial charge in [-0.15, -0.1) is 12.4 Å². The van der Waals surface area contributed by atoms with Gasteiger partial charge in [0, 0.05) is 44.5 Å². The molecule has 0 atom stereocenters. The normalized spacial score (nSPS) is 15.5. The van der Waals surface area contributed by atoms with E-state index in [0.717, 1.165) is 48.9 Å². The summed E-state index contributed by atoms with van der Waals surface area (Å²) in [4.78, 5) is 13.7. The van der Waals surface area contributed by atoms with Crippen molar-refractivity contribution in [2.75, 3.05) is 38.1 Å². The van der Waals surface area contributed by atoms with E-state index in [9.17, 15) is 0 Å². The Morgan fingerprint density at radius 3 is 2.36 bits per heavy atom. The molecule has 22 heavy (non-hydrogen) atoms. The molecule has 1 saturated heterocycles. The van der Waals surface area contributed by atoms with E-state index in [1.54, 1.807) is 0 Å². The van der Waals surface area contributed by atoms with E-state index in [4.69, 9.17) is 10.7 Å². The average molecular weight is 320 g/mol. The molecule has 1 aromatic heterocycles. The molecule has 1 aliphatic rings. The van der Waals surface area contributed by atoms with Crippen molar-refractivity contribution in [3.8, 4) is 11.3 Å². The summed E-state index contributed by atoms with van der Waals surface area (Å²) in [5, 5.41) is 0. The van der Waals surface area contributed by atoms with Gasteiger partial charge < -0.3 is 15.5 Å². The number of nitrogens with two attached hydrogens (primary N) is 1. The Hall–Kier alpha value is -1.69. The third kappa shape index (κ3) is 3.74. The fourth-order valence-corrected chi connectivity index (χ4v) is 2.48. The Morgan fingerprint density at radius 1 is 1.05 bits per heavy atom. The molecule has 2 heterocycles. The maximum Gasteiger partial charge on any atom is 0.225 e. The highest BCUT2D eigenvalue weighted by Gasteiger charge is 2.16. The van der Waals surface area contributed by atoms with E-state index >= 15 is 0 Å². The summed E-state index contributed by atoms with van der Waals surface area (Å²) < 4.78 is 0. The molecule has 0 spiro atoms. The first kappa shape index (κ1) is 16.7. The molecule has 5 nitrogen and oxygen atoms in total. The molecule has 1 aromatic carbocycles. The van der Waals surface area contributed by atoms with Crippen molar-refractivity contribution in [3.63, 3.8) is 0 Å². The highest BCUT2D eigenvalue weighted by atomic mass is 35.5. The van der Waals surface area contributed by atoms with E-state index < -0.39 is 0 Å². The molecular weight excluding hydrogens is 298 g/mol. The zero-order chi connectivity index (χ0) is 14.7. The smallest absolute Gasteiger partial charge is 0.225 e. The Kier molecular flexibility index (Phi) is 5.71. The number of hydrogen-bond donors (Lipinski definition) is 1. The molecule has 3 rings (SSSR count). The third-order valence-corrected chi connectivity index (χ3v) is 3.91. The molecular formula is C16H22ClN5. The molecule has 0 amide bonds. The fraction of sp³-hybridized carbons (Fsp3) is 0.375. The lowest BCUT2D eigenvalue weighted by atomic mass is 10.1. The predicted molar refractivity (Wildman–Crippen MR) is 92.3 cm³/mol. The molecule has 0 bridgehead atoms. The van der Waals surface area contributed by atoms with Crippen molar-refractivity contribution >= 4 is 18.4 Å². The summed E-state index contributed by atoms with van der Waals surface area (Å²) in [6.45, 7) is 4.63. The maximum atomic E-state index is 5.64. The minimum absolute atomic E-state index is 0. The maximum absolute atomic E-state index is 5.64. The molecule has 0 aliphatic carbocycles. The number of nitrogens with zero attached hydrogens (tertiary/aromatic N) is 4. The predicted octanol–water partition coefficient (Wildman–Crippen LogP) is 1.78. The van der Waals surface area contributed by atoms with Crippen LogP contribution in [-0.2, 0) is 6.54 Å². The molecule has 0 unspecified atom stereocenters. The Morgan fingerprint density at radius 2 is 1.73 bits per heavy atom. The summed E-state index contributed by atoms with van der Waals surface area (Å²) in [7, 11) is 2.15. The van der Waals surface area contributed by atoms with E-state index in [1.807, 2.05) is 24.4 Å². The molecule has 118 valence electrons. The zero-order valence-electron chi connectivity index (χ0n) is 12.8. The van der Waals surface area contributed by atoms with Crippen LogP contribution in [0.3, 0.4) is 0 Å². The molecule has 2 aromatic rings. The van der Waals surface area contributed by atoms with E-state index in [1.165, 1.54) is 0 Å². The Labute approximate surface area is 137 Å². The molecule has 0 radical (unpaired) electrons. The standard InChI is InChI=1S/C16H21N5.ClH/c1-20-8-10-21(11-9-20)16-18-7-6-15(19-16)14-4-2-13(12-17)3-5-14;/h2-7H,8-12,17H2,1H3;1H. The third-order valence-electron chi connectivity index (χ3n) is 3.91. The lowest BCUT2D eigenvalue weighted by molar-refractivity contribution is 0.311. The first-order valence-corrected chi connectivity index (χ1v) is 7.32. The topological polar surface area (TPSA) is 58.3 Å². The van der Waals surface area contributed by atoms with Crippen LogP contribution in [0.15, 0.2) is 36.5 Å². The summed E-state index contributed by atoms with van der Waals surface area (Å²) in [5.74, 6) is 0.823. The van der Waals surface area contributed by atoms with Crippen molar-refractivity contribution in [2.24, 2.45) is 5.73 Å². The van der Waals surface area contributed by atoms with Gasteiger partial charge in [-0.1, -0.05) is 24.3 Å². The largest absolute Gasteiger partial charge is 0.338 e. The number of rotatable bonds is 3. The Balaban J connectivity index is 0.00000176. The van der Waals surface area contributed by atoms with Crippen LogP contribution in [0.5, 0.6) is 0 Å². The quantitative estimate of drug-likeness (QED) is 0.934. The van der Waals surface area contributed by atoms with Crippen LogP contribution >= 0.6 is 12.4 Å². The number of hydrogen-bond acceptors (Lipinski definition) is 5. The van der Waals surface area contributed by atoms with Crippen molar-refractivity contribution < 1.29 is 0 Å². The summed E-state index contributed by atoms with van der Waals surface area (Å²) in [6.07, 6.45) is 1.84. The number of anilines is 1. The Bertz CT molecular complexity index is 594. The van der Waals surface area contributed by atoms with Gasteiger partial charge in [-0.25, -0.2) is 9.97 Å². The van der Waals surface area contributed by atoms with Gasteiger partial charge in [0.15, 0.2) is 0 Å². The van der Waals surface area contributed by atoms with Crippen LogP contribution in [0.4, 0.5) is 5.95 Å². The van der Waals surface area contributed by atoms with Crippen molar-refractivity contribution in [3.05, 3.63) is 42.1 Å². The van der Waals surface area contributed by atoms with E-state index in [2.05, 4.69) is 34.0 Å². The second kappa shape index (κ2) is 7.54. The minimum atomic E-state index is 0. The van der Waals surface area contributed by atoms with Gasteiger partial charge in [0.05, 0.1) is 5.69 Å². The van der Waals surface area contributed by atoms with Gasteiger partial charge >= 0.3 is 0 Å². The van der Waals surface area contributed by atoms with Crippen LogP contribution < -0.4 is 10.6 Å². The van der Waals surface area contributed by atoms with E-state index in [-0.39, 0.29) is 12.4 Å². The highest BCUT2D eigenvalue weighted by Crippen LogP contribution is 2.20. The summed E-state index contributed by atoms with van der Waals surface area (Å²) in [6, 6.07) is 10.2. The second-order valence-corrected chi connectivity index (χ2v) is 5.43. The van der Waals surface area contributed by atoms with Crippen molar-refractivity contribution in [2.45, 2.75) is 6.54 Å². The van der Waals surface area contributed by atoms with Crippen LogP contribution in [0, 0.1) is 0 Å². The van der Waals surface area contributed by atoms with Crippen molar-refractivity contribution in [1.29, 1.82) is 0 Å². The zero-order valence-corrected chi connectivity index (χ0v) is 13.6. The number of piperazine rings is 1. The van der Waals surface area contributed by atoms with Crippen LogP contribution in [0.2, 0.25) is 0 Å². The van der Waals surface area contributed by atoms with Crippen LogP contribution in [0.25, 0.3) is 11.3 Å². The van der Waals surface area contributed by atoms with Gasteiger partial charge in [0.25, 0.3) is 0 Å². The van der Waals surface area contributed by atoms with Gasteiger partial charge in [-0.3, -0.25) is 0 Å². The molecule has 2 N–H and O–H groups in total. The molecule has 1 fully saturated rings. The fourth-order valence-electron chi connectivity index (χ4n) is 2.48. The average Bonchev–Trinajstić information content (AvgIpc) is 2.56. The SMILES string of the molecule is CN1CCN(c2nccc(-c3ccc(CN)cc3)n2)CC1.Cl. The molecule has 6 heteroatoms. The second-order valence-electron chi connectivity index (χ2n) is 5.43. The highest BCUT2D eigenvalue weighted by molar-refractivity contribution is 5.85. The number of benzene rings is 1. The number of aromatic nitrogens is 2. The summed E-state index contributed by atoms with van der Waals surface area (Å²) in [5.41, 5.74) is 8.83. The van der Waals surface area contributed by atoms with Gasteiger partial charge in [0.1, 0.15) is 0 Å². The molecule has 1 aliphatic heterocycles. The monoisotopic (exact) mass is 319 g/mol. The lowest BCUT2D eigenvalue weighted by Crippen LogP contribution is -2.45.